The van der Waals surface area contributed by atoms with Crippen molar-refractivity contribution in [2.45, 2.75) is 0 Å². The normalized spacial score (nSPS) is 12.3. The Bertz CT molecular complexity index is 617. The Hall–Kier alpha value is -2.23. The van der Waals surface area contributed by atoms with Crippen molar-refractivity contribution in [1.82, 2.24) is 0 Å². The second kappa shape index (κ2) is 2.63. The zero-order chi connectivity index (χ0) is 10.4. The predicted molar refractivity (Wildman–Crippen MR) is 56.6 cm³/mol. The molecule has 0 radical (unpaired) electrons. The zero-order valence-corrected chi connectivity index (χ0v) is 7.77. The van der Waals surface area contributed by atoms with Gasteiger partial charge in [0.05, 0.1) is 11.3 Å². The van der Waals surface area contributed by atoms with E-state index >= 15 is 0 Å². The highest BCUT2D eigenvalue weighted by Crippen LogP contribution is 2.42. The van der Waals surface area contributed by atoms with Gasteiger partial charge in [-0.25, -0.2) is 0 Å². The minimum atomic E-state index is -0.470. The number of nitrogens with two attached hydrogens (primary N) is 1. The fourth-order valence-electron chi connectivity index (χ4n) is 1.83. The largest absolute Gasteiger partial charge is 0.366 e. The second-order valence-electron chi connectivity index (χ2n) is 3.40. The van der Waals surface area contributed by atoms with Crippen molar-refractivity contribution in [1.29, 1.82) is 0 Å². The summed E-state index contributed by atoms with van der Waals surface area (Å²) in [4.78, 5) is 11.2. The summed E-state index contributed by atoms with van der Waals surface area (Å²) in [6.07, 6.45) is 0. The lowest BCUT2D eigenvalue weighted by atomic mass is 10.0. The molecule has 0 aliphatic carbocycles. The highest BCUT2D eigenvalue weighted by atomic mass is 16.1. The van der Waals surface area contributed by atoms with Crippen molar-refractivity contribution in [2.24, 2.45) is 16.0 Å². The molecule has 1 aliphatic rings. The van der Waals surface area contributed by atoms with Gasteiger partial charge in [-0.15, -0.1) is 10.2 Å². The van der Waals surface area contributed by atoms with Crippen LogP contribution in [-0.2, 0) is 0 Å². The number of amides is 1. The van der Waals surface area contributed by atoms with Crippen LogP contribution >= 0.6 is 0 Å². The maximum Gasteiger partial charge on any atom is 0.250 e. The van der Waals surface area contributed by atoms with Gasteiger partial charge in [-0.05, 0) is 17.5 Å². The fraction of sp³-hybridized carbons (Fsp3) is 0. The minimum absolute atomic E-state index is 0.427. The molecule has 2 aromatic rings. The van der Waals surface area contributed by atoms with E-state index in [1.54, 1.807) is 6.07 Å². The van der Waals surface area contributed by atoms with Crippen LogP contribution in [0.5, 0.6) is 0 Å². The van der Waals surface area contributed by atoms with E-state index in [1.165, 1.54) is 0 Å². The number of benzene rings is 2. The molecule has 1 heterocycles. The molecule has 2 aromatic carbocycles. The zero-order valence-electron chi connectivity index (χ0n) is 7.77. The Balaban J connectivity index is 2.50. The van der Waals surface area contributed by atoms with E-state index in [0.717, 1.165) is 16.5 Å². The highest BCUT2D eigenvalue weighted by Gasteiger charge is 2.17. The van der Waals surface area contributed by atoms with Crippen molar-refractivity contribution in [3.8, 4) is 0 Å². The molecule has 0 unspecified atom stereocenters. The first-order valence-electron chi connectivity index (χ1n) is 4.54. The quantitative estimate of drug-likeness (QED) is 0.640. The van der Waals surface area contributed by atoms with E-state index in [4.69, 9.17) is 5.73 Å². The molecule has 0 spiro atoms. The number of rotatable bonds is 1. The summed E-state index contributed by atoms with van der Waals surface area (Å²) >= 11 is 0. The lowest BCUT2D eigenvalue weighted by Gasteiger charge is -2.02. The molecule has 72 valence electrons. The third-order valence-electron chi connectivity index (χ3n) is 2.52. The summed E-state index contributed by atoms with van der Waals surface area (Å²) in [5, 5.41) is 9.93. The first kappa shape index (κ1) is 8.11. The van der Waals surface area contributed by atoms with Crippen LogP contribution in [0.3, 0.4) is 0 Å². The van der Waals surface area contributed by atoms with Gasteiger partial charge in [-0.2, -0.15) is 0 Å². The summed E-state index contributed by atoms with van der Waals surface area (Å²) in [7, 11) is 0. The summed E-state index contributed by atoms with van der Waals surface area (Å²) in [5.74, 6) is -0.470. The standard InChI is InChI=1S/C11H7N3O/c12-11(15)7-5-4-6-2-1-3-8-9(6)10(7)14-13-8/h1-5H,(H2,12,15). The molecule has 15 heavy (non-hydrogen) atoms. The van der Waals surface area contributed by atoms with Crippen LogP contribution in [0, 0.1) is 0 Å². The molecule has 0 saturated carbocycles. The highest BCUT2D eigenvalue weighted by molar-refractivity contribution is 6.11. The minimum Gasteiger partial charge on any atom is -0.366 e. The molecule has 4 heteroatoms. The molecule has 0 bridgehead atoms. The monoisotopic (exact) mass is 197 g/mol. The Morgan fingerprint density at radius 1 is 1.13 bits per heavy atom. The second-order valence-corrected chi connectivity index (χ2v) is 3.40. The number of carbonyl (C=O) groups excluding carboxylic acids is 1. The molecule has 1 aliphatic heterocycles. The van der Waals surface area contributed by atoms with Crippen LogP contribution in [0.1, 0.15) is 10.4 Å². The van der Waals surface area contributed by atoms with Crippen LogP contribution in [0.25, 0.3) is 10.8 Å². The molecule has 0 atom stereocenters. The van der Waals surface area contributed by atoms with Gasteiger partial charge in [0, 0.05) is 5.39 Å². The van der Waals surface area contributed by atoms with Crippen molar-refractivity contribution in [3.05, 3.63) is 35.9 Å². The van der Waals surface area contributed by atoms with E-state index in [0.29, 0.717) is 11.3 Å². The summed E-state index contributed by atoms with van der Waals surface area (Å²) in [5.41, 5.74) is 7.08. The number of nitrogens with zero attached hydrogens (tertiary/aromatic N) is 2. The van der Waals surface area contributed by atoms with Gasteiger partial charge in [0.15, 0.2) is 0 Å². The first-order chi connectivity index (χ1) is 7.27. The average molecular weight is 197 g/mol. The van der Waals surface area contributed by atoms with Gasteiger partial charge >= 0.3 is 0 Å². The van der Waals surface area contributed by atoms with E-state index in [-0.39, 0.29) is 0 Å². The molecule has 4 nitrogen and oxygen atoms in total. The Kier molecular flexibility index (Phi) is 1.42. The van der Waals surface area contributed by atoms with Crippen molar-refractivity contribution < 1.29 is 4.79 Å². The maximum absolute atomic E-state index is 11.2. The van der Waals surface area contributed by atoms with Crippen molar-refractivity contribution in [3.63, 3.8) is 0 Å². The fourth-order valence-corrected chi connectivity index (χ4v) is 1.83. The lowest BCUT2D eigenvalue weighted by Crippen LogP contribution is -2.10. The number of primary amides is 1. The summed E-state index contributed by atoms with van der Waals surface area (Å²) in [6, 6.07) is 9.29. The number of carbonyl (C=O) groups is 1. The number of hydrogen-bond acceptors (Lipinski definition) is 3. The van der Waals surface area contributed by atoms with Crippen molar-refractivity contribution >= 4 is 28.1 Å². The third-order valence-corrected chi connectivity index (χ3v) is 2.52. The van der Waals surface area contributed by atoms with E-state index in [9.17, 15) is 4.79 Å². The molecule has 3 rings (SSSR count). The van der Waals surface area contributed by atoms with E-state index in [1.807, 2.05) is 24.3 Å². The summed E-state index contributed by atoms with van der Waals surface area (Å²) < 4.78 is 0. The van der Waals surface area contributed by atoms with Gasteiger partial charge in [-0.3, -0.25) is 4.79 Å². The summed E-state index contributed by atoms with van der Waals surface area (Å²) in [6.45, 7) is 0. The van der Waals surface area contributed by atoms with Gasteiger partial charge in [0.25, 0.3) is 5.91 Å². The van der Waals surface area contributed by atoms with Crippen LogP contribution in [-0.4, -0.2) is 5.91 Å². The molecular weight excluding hydrogens is 190 g/mol. The molecular formula is C11H7N3O. The third kappa shape index (κ3) is 0.985. The van der Waals surface area contributed by atoms with E-state index in [2.05, 4.69) is 10.2 Å². The SMILES string of the molecule is NC(=O)c1ccc2cccc3c2c1N=N3. The van der Waals surface area contributed by atoms with Crippen LogP contribution in [0.15, 0.2) is 40.6 Å². The van der Waals surface area contributed by atoms with Crippen molar-refractivity contribution in [2.75, 3.05) is 0 Å². The van der Waals surface area contributed by atoms with Crippen LogP contribution in [0.4, 0.5) is 11.4 Å². The van der Waals surface area contributed by atoms with Gasteiger partial charge in [0.1, 0.15) is 5.69 Å². The maximum atomic E-state index is 11.2. The van der Waals surface area contributed by atoms with Gasteiger partial charge in [0.2, 0.25) is 0 Å². The average Bonchev–Trinajstić information content (AvgIpc) is 2.65. The molecule has 0 saturated heterocycles. The first-order valence-corrected chi connectivity index (χ1v) is 4.54. The van der Waals surface area contributed by atoms with E-state index < -0.39 is 5.91 Å². The Morgan fingerprint density at radius 3 is 2.80 bits per heavy atom. The molecule has 0 aromatic heterocycles. The van der Waals surface area contributed by atoms with Gasteiger partial charge in [-0.1, -0.05) is 18.2 Å². The Labute approximate surface area is 85.4 Å². The predicted octanol–water partition coefficient (Wildman–Crippen LogP) is 2.67. The number of hydrogen-bond donors (Lipinski definition) is 1. The van der Waals surface area contributed by atoms with Crippen LogP contribution < -0.4 is 5.73 Å². The van der Waals surface area contributed by atoms with Gasteiger partial charge < -0.3 is 5.73 Å². The lowest BCUT2D eigenvalue weighted by molar-refractivity contribution is 0.100. The van der Waals surface area contributed by atoms with Crippen LogP contribution in [0.2, 0.25) is 0 Å². The molecule has 2 N–H and O–H groups in total. The molecule has 1 amide bonds. The number of azo groups is 1. The topological polar surface area (TPSA) is 67.8 Å². The smallest absolute Gasteiger partial charge is 0.250 e. The Morgan fingerprint density at radius 2 is 2.00 bits per heavy atom. The molecule has 0 fully saturated rings.